The molecule has 0 unspecified atom stereocenters. The van der Waals surface area contributed by atoms with Gasteiger partial charge in [-0.15, -0.1) is 0 Å². The molecule has 4 aliphatic heterocycles. The van der Waals surface area contributed by atoms with Gasteiger partial charge in [-0.05, 0) is 98.1 Å². The highest BCUT2D eigenvalue weighted by Crippen LogP contribution is 2.45. The number of rotatable bonds is 11. The van der Waals surface area contributed by atoms with Crippen molar-refractivity contribution in [2.24, 2.45) is 5.92 Å². The van der Waals surface area contributed by atoms with Crippen LogP contribution in [-0.4, -0.2) is 131 Å². The van der Waals surface area contributed by atoms with E-state index in [1.165, 1.54) is 0 Å². The molecule has 12 nitrogen and oxygen atoms in total. The number of ether oxygens (including phenoxy) is 2. The molecule has 16 heteroatoms. The van der Waals surface area contributed by atoms with E-state index in [0.29, 0.717) is 79.0 Å². The number of carbonyl (C=O) groups excluding carboxylic acids is 2. The van der Waals surface area contributed by atoms with E-state index in [1.807, 2.05) is 118 Å². The lowest BCUT2D eigenvalue weighted by Crippen LogP contribution is -2.65. The zero-order valence-electron chi connectivity index (χ0n) is 43.0. The summed E-state index contributed by atoms with van der Waals surface area (Å²) in [4.78, 5) is 62.6. The van der Waals surface area contributed by atoms with Crippen LogP contribution < -0.4 is 20.0 Å². The highest BCUT2D eigenvalue weighted by atomic mass is 35.5. The first-order chi connectivity index (χ1) is 35.3. The third-order valence-corrected chi connectivity index (χ3v) is 20.7. The number of fused-ring (bicyclic) bond motifs is 3. The number of aromatic nitrogens is 3. The van der Waals surface area contributed by atoms with Crippen molar-refractivity contribution < 1.29 is 32.6 Å². The molecule has 6 heterocycles. The third kappa shape index (κ3) is 9.82. The number of benzene rings is 4. The molecule has 0 bridgehead atoms. The van der Waals surface area contributed by atoms with Gasteiger partial charge in [-0.2, -0.15) is 9.97 Å². The molecule has 4 saturated heterocycles. The first kappa shape index (κ1) is 51.3. The van der Waals surface area contributed by atoms with Gasteiger partial charge in [0.25, 0.3) is 14.2 Å². The number of hydrogen-bond acceptors (Lipinski definition) is 10. The molecule has 1 N–H and O–H groups in total. The van der Waals surface area contributed by atoms with E-state index in [2.05, 4.69) is 40.6 Å². The molecule has 6 aromatic rings. The van der Waals surface area contributed by atoms with Gasteiger partial charge in [0.15, 0.2) is 5.82 Å². The quantitative estimate of drug-likeness (QED) is 0.0993. The molecule has 4 fully saturated rings. The van der Waals surface area contributed by atoms with Crippen LogP contribution in [0.2, 0.25) is 10.1 Å². The van der Waals surface area contributed by atoms with Crippen LogP contribution in [0.1, 0.15) is 73.1 Å². The number of hydrogen-bond donors (Lipinski definition) is 1. The number of amides is 2. The number of halogens is 3. The van der Waals surface area contributed by atoms with Gasteiger partial charge in [-0.25, -0.2) is 13.6 Å². The average molecular weight is 1040 g/mol. The monoisotopic (exact) mass is 1040 g/mol. The van der Waals surface area contributed by atoms with Crippen molar-refractivity contribution in [3.8, 4) is 29.1 Å². The van der Waals surface area contributed by atoms with E-state index in [9.17, 15) is 18.8 Å². The Kier molecular flexibility index (Phi) is 14.0. The Morgan fingerprint density at radius 2 is 1.64 bits per heavy atom. The third-order valence-electron chi connectivity index (χ3n) is 15.8. The fourth-order valence-electron chi connectivity index (χ4n) is 12.2. The highest BCUT2D eigenvalue weighted by molar-refractivity contribution is 6.98. The lowest BCUT2D eigenvalue weighted by atomic mass is 9.94. The molecule has 0 aliphatic carbocycles. The van der Waals surface area contributed by atoms with Crippen molar-refractivity contribution in [2.75, 3.05) is 51.3 Å². The SMILES string of the molecule is CN(c1nc(OC[C@@]23CCCN2C[C@H](F)C3)nc2c(F)c(-c3cccc4cccc(Cl)c34)ncc12)[C@@H]1CCN(C(=O)C#C[C@@H]2C[C@@H](CC(C)(C)[Si](O)(c3ccccc3)c3ccccc3)CN2C(=O)OC(C)(C)C)C1. The Morgan fingerprint density at radius 3 is 2.34 bits per heavy atom. The summed E-state index contributed by atoms with van der Waals surface area (Å²) in [6.45, 7) is 12.0. The molecular formula is C58H64ClF2N7O5Si. The molecule has 0 saturated carbocycles. The van der Waals surface area contributed by atoms with E-state index in [1.54, 1.807) is 28.1 Å². The number of carbonyl (C=O) groups is 2. The van der Waals surface area contributed by atoms with Gasteiger partial charge >= 0.3 is 12.1 Å². The predicted molar refractivity (Wildman–Crippen MR) is 289 cm³/mol. The van der Waals surface area contributed by atoms with Crippen molar-refractivity contribution in [1.29, 1.82) is 0 Å². The molecule has 2 aromatic heterocycles. The van der Waals surface area contributed by atoms with Gasteiger partial charge in [-0.1, -0.05) is 122 Å². The Labute approximate surface area is 438 Å². The Bertz CT molecular complexity index is 3110. The van der Waals surface area contributed by atoms with Crippen LogP contribution in [0.25, 0.3) is 32.9 Å². The van der Waals surface area contributed by atoms with Gasteiger partial charge in [0, 0.05) is 67.9 Å². The largest absolute Gasteiger partial charge is 0.461 e. The molecule has 4 aliphatic rings. The second kappa shape index (κ2) is 20.2. The molecular weight excluding hydrogens is 976 g/mol. The van der Waals surface area contributed by atoms with Gasteiger partial charge in [0.05, 0.1) is 17.0 Å². The van der Waals surface area contributed by atoms with Gasteiger partial charge < -0.3 is 24.1 Å². The molecule has 386 valence electrons. The van der Waals surface area contributed by atoms with Crippen LogP contribution in [0, 0.1) is 23.6 Å². The first-order valence-corrected chi connectivity index (χ1v) is 28.1. The molecule has 5 atom stereocenters. The fourth-order valence-corrected chi connectivity index (χ4v) is 16.3. The smallest absolute Gasteiger partial charge is 0.411 e. The Hall–Kier alpha value is -6.18. The predicted octanol–water partition coefficient (Wildman–Crippen LogP) is 9.18. The van der Waals surface area contributed by atoms with Gasteiger partial charge in [0.1, 0.15) is 35.4 Å². The van der Waals surface area contributed by atoms with E-state index in [0.717, 1.165) is 35.1 Å². The van der Waals surface area contributed by atoms with Crippen LogP contribution in [0.15, 0.2) is 103 Å². The van der Waals surface area contributed by atoms with Gasteiger partial charge in [-0.3, -0.25) is 19.6 Å². The maximum Gasteiger partial charge on any atom is 0.411 e. The van der Waals surface area contributed by atoms with E-state index in [4.69, 9.17) is 26.1 Å². The Morgan fingerprint density at radius 1 is 0.932 bits per heavy atom. The van der Waals surface area contributed by atoms with E-state index < -0.39 is 48.6 Å². The summed E-state index contributed by atoms with van der Waals surface area (Å²) < 4.78 is 44.3. The average Bonchev–Trinajstić information content (AvgIpc) is 4.18. The van der Waals surface area contributed by atoms with E-state index >= 15 is 4.39 Å². The number of likely N-dealkylation sites (tertiary alicyclic amines) is 2. The summed E-state index contributed by atoms with van der Waals surface area (Å²) in [6, 6.07) is 29.9. The van der Waals surface area contributed by atoms with Gasteiger partial charge in [0.2, 0.25) is 0 Å². The van der Waals surface area contributed by atoms with Crippen LogP contribution in [0.4, 0.5) is 19.4 Å². The highest BCUT2D eigenvalue weighted by Gasteiger charge is 2.53. The lowest BCUT2D eigenvalue weighted by molar-refractivity contribution is -0.124. The van der Waals surface area contributed by atoms with Crippen LogP contribution in [-0.2, 0) is 9.53 Å². The minimum absolute atomic E-state index is 0.0122. The normalized spacial score (nSPS) is 22.2. The van der Waals surface area contributed by atoms with Crippen molar-refractivity contribution >= 4 is 69.8 Å². The summed E-state index contributed by atoms with van der Waals surface area (Å²) in [5.74, 6) is 5.39. The number of nitrogens with zero attached hydrogens (tertiary/aromatic N) is 7. The van der Waals surface area contributed by atoms with E-state index in [-0.39, 0.29) is 41.7 Å². The minimum atomic E-state index is -3.36. The lowest BCUT2D eigenvalue weighted by Gasteiger charge is -2.42. The zero-order chi connectivity index (χ0) is 52.2. The number of anilines is 1. The van der Waals surface area contributed by atoms with Crippen molar-refractivity contribution in [3.63, 3.8) is 0 Å². The first-order valence-electron chi connectivity index (χ1n) is 25.8. The molecule has 0 spiro atoms. The van der Waals surface area contributed by atoms with Crippen molar-refractivity contribution in [2.45, 2.75) is 108 Å². The zero-order valence-corrected chi connectivity index (χ0v) is 44.7. The Balaban J connectivity index is 0.908. The number of pyridine rings is 1. The number of likely N-dealkylation sites (N-methyl/N-ethyl adjacent to an activating group) is 1. The maximum atomic E-state index is 17.2. The summed E-state index contributed by atoms with van der Waals surface area (Å²) in [6.07, 6.45) is 3.83. The fraction of sp³-hybridized carbons (Fsp3) is 0.431. The van der Waals surface area contributed by atoms with Crippen LogP contribution >= 0.6 is 11.6 Å². The van der Waals surface area contributed by atoms with Crippen molar-refractivity contribution in [3.05, 3.63) is 114 Å². The van der Waals surface area contributed by atoms with Crippen molar-refractivity contribution in [1.82, 2.24) is 29.7 Å². The topological polar surface area (TPSA) is 124 Å². The molecule has 4 aromatic carbocycles. The van der Waals surface area contributed by atoms with Crippen LogP contribution in [0.3, 0.4) is 0 Å². The summed E-state index contributed by atoms with van der Waals surface area (Å²) in [5, 5.41) is 3.57. The second-order valence-electron chi connectivity index (χ2n) is 22.4. The molecule has 74 heavy (non-hydrogen) atoms. The van der Waals surface area contributed by atoms with Crippen LogP contribution in [0.5, 0.6) is 6.01 Å². The second-order valence-corrected chi connectivity index (χ2v) is 26.7. The summed E-state index contributed by atoms with van der Waals surface area (Å²) >= 11 is 6.71. The molecule has 10 rings (SSSR count). The molecule has 2 amide bonds. The standard InChI is InChI=1S/C58H64ClF2N7O5Si/c1-56(2,3)73-55(70)68-34-38(31-57(4,5)74(71,43-18-9-7-10-19-43)44-20-11-8-12-21-44)30-41(68)24-25-48(69)66-29-26-42(36-66)65(6)53-46-33-62-51(45-22-13-16-39-17-14-23-47(59)49(39)45)50(61)52(46)63-54(64-53)72-37-58-27-15-28-67(58)35-40(60)32-58/h7-14,16-23,33,38,40-42,71H,15,26-32,34-37H2,1-6H3/t38-,40+,41+,42+,58-/m0/s1. The molecule has 0 radical (unpaired) electrons. The summed E-state index contributed by atoms with van der Waals surface area (Å²) in [5.41, 5.74) is -0.641. The summed E-state index contributed by atoms with van der Waals surface area (Å²) in [7, 11) is -1.50. The maximum absolute atomic E-state index is 17.2. The minimum Gasteiger partial charge on any atom is -0.461 e. The number of alkyl halides is 1.